The van der Waals surface area contributed by atoms with Crippen LogP contribution in [0.1, 0.15) is 0 Å². The molecular formula is C35H53F26N18O36P9S18. The molecule has 0 saturated carbocycles. The van der Waals surface area contributed by atoms with E-state index in [4.69, 9.17) is 0 Å². The van der Waals surface area contributed by atoms with Crippen LogP contribution in [-0.4, -0.2) is 195 Å². The minimum absolute atomic E-state index is 0.0505. The average Bonchev–Trinajstić information content (AvgIpc) is 0.779. The van der Waals surface area contributed by atoms with Crippen molar-refractivity contribution in [3.8, 4) is 0 Å². The number of alkyl halides is 3. The molecule has 0 aliphatic heterocycles. The Kier molecular flexibility index (Phi) is 55.3. The highest BCUT2D eigenvalue weighted by atomic mass is 32.3. The quantitative estimate of drug-likeness (QED) is 0.0121. The molecule has 4 aromatic carbocycles. The van der Waals surface area contributed by atoms with Gasteiger partial charge in [-0.3, -0.25) is 0 Å². The fraction of sp³-hybridized carbons (Fsp3) is 0.200. The Balaban J connectivity index is -0.000000499. The number of rotatable bonds is 33. The molecule has 0 saturated heterocycles. The van der Waals surface area contributed by atoms with Crippen molar-refractivity contribution >= 4 is 253 Å². The molecule has 142 heavy (non-hydrogen) atoms. The van der Waals surface area contributed by atoms with Gasteiger partial charge < -0.3 is 0 Å². The van der Waals surface area contributed by atoms with Crippen molar-refractivity contribution in [2.45, 2.75) is 25.1 Å². The van der Waals surface area contributed by atoms with Gasteiger partial charge in [0.1, 0.15) is 0 Å². The van der Waals surface area contributed by atoms with E-state index in [0.29, 0.717) is 35.8 Å². The first kappa shape index (κ1) is 146. The van der Waals surface area contributed by atoms with Crippen molar-refractivity contribution < 1.29 is 260 Å². The third kappa shape index (κ3) is 80.4. The van der Waals surface area contributed by atoms with E-state index < -0.39 is 278 Å². The van der Waals surface area contributed by atoms with Crippen LogP contribution in [0, 0.1) is 0 Å². The van der Waals surface area contributed by atoms with Gasteiger partial charge in [0.2, 0.25) is 60.1 Å². The van der Waals surface area contributed by atoms with Crippen LogP contribution in [0.25, 0.3) is 0 Å². The molecule has 0 bridgehead atoms. The van der Waals surface area contributed by atoms with Crippen LogP contribution in [0.3, 0.4) is 0 Å². The van der Waals surface area contributed by atoms with Crippen molar-refractivity contribution in [3.05, 3.63) is 145 Å². The Labute approximate surface area is 791 Å². The van der Waals surface area contributed by atoms with Gasteiger partial charge in [0.25, 0.3) is 60.1 Å². The SMILES string of the molecule is C=CS(=O)(=O)NP(F)(F)=NS(=O)(=O)F.C=CS(=O)(=O)NP(F)(F)=NS(C)(=O)=O.CS(=O)(=O)N=P(F)(F)NS(=O)(=O)C(F)(F)F.CS(=O)(=O)N=P(F)(F)NS(=O)(=O)F.CS(=O)(=O)N=P(F)(F)NS(=O)(=O)c1ccccc1.CS(=O)(=O)N=P(F)(F)NS(C)(=O)=O.O=S(=O)(F)N=P(F)(F)NS(=O)(=O)F.O=S(=O)(F)N=P(F)(F)NS(=O)(=O)c1ccccc1.O=S(=O)(N=P(F)(F)NS(=O)(=O)c1ccccc1)c1ccccc1. The summed E-state index contributed by atoms with van der Waals surface area (Å²) in [4.78, 5) is -1.77. The predicted molar refractivity (Wildman–Crippen MR) is 459 cm³/mol. The summed E-state index contributed by atoms with van der Waals surface area (Å²) in [6.07, 6.45) is 2.33. The molecule has 4 aromatic rings. The minimum atomic E-state index is -6.34. The second-order valence-corrected chi connectivity index (χ2v) is 66.5. The van der Waals surface area contributed by atoms with Crippen molar-refractivity contribution in [1.82, 2.24) is 40.4 Å². The van der Waals surface area contributed by atoms with Crippen molar-refractivity contribution in [3.63, 3.8) is 0 Å². The van der Waals surface area contributed by atoms with Gasteiger partial charge in [-0.25, -0.2) is 101 Å². The maximum absolute atomic E-state index is 13.9. The van der Waals surface area contributed by atoms with Crippen LogP contribution in [0.5, 0.6) is 0 Å². The number of hydrogen-bond donors (Lipinski definition) is 9. The molecule has 0 atom stereocenters. The fourth-order valence-electron chi connectivity index (χ4n) is 5.65. The highest BCUT2D eigenvalue weighted by Gasteiger charge is 2.50. The lowest BCUT2D eigenvalue weighted by atomic mass is 10.4. The van der Waals surface area contributed by atoms with Gasteiger partial charge in [0.15, 0.2) is 0 Å². The zero-order valence-electron chi connectivity index (χ0n) is 67.0. The van der Waals surface area contributed by atoms with Gasteiger partial charge in [-0.15, -0.1) is 56.3 Å². The lowest BCUT2D eigenvalue weighted by Crippen LogP contribution is -2.33. The van der Waals surface area contributed by atoms with Gasteiger partial charge in [-0.05, 0) is 48.5 Å². The summed E-state index contributed by atoms with van der Waals surface area (Å²) >= 11 is 0. The van der Waals surface area contributed by atoms with Crippen molar-refractivity contribution in [2.24, 2.45) is 37.4 Å². The number of halogens is 26. The molecule has 0 unspecified atom stereocenters. The molecule has 0 aromatic heterocycles. The number of hydrogen-bond acceptors (Lipinski definition) is 36. The minimum Gasteiger partial charge on any atom is -0.212 e. The summed E-state index contributed by atoms with van der Waals surface area (Å²) in [5.74, 6) is 0. The molecule has 9 N–H and O–H groups in total. The Morgan fingerprint density at radius 2 is 0.408 bits per heavy atom. The summed E-state index contributed by atoms with van der Waals surface area (Å²) in [6.45, 7) is 5.42. The van der Waals surface area contributed by atoms with Gasteiger partial charge in [0, 0.05) is 10.8 Å². The van der Waals surface area contributed by atoms with Crippen LogP contribution in [0.15, 0.2) is 202 Å². The lowest BCUT2D eigenvalue weighted by molar-refractivity contribution is -0.0442. The molecule has 0 fully saturated rings. The summed E-state index contributed by atoms with van der Waals surface area (Å²) < 4.78 is 719. The Morgan fingerprint density at radius 3 is 0.599 bits per heavy atom. The molecule has 0 aliphatic carbocycles. The molecule has 54 nitrogen and oxygen atoms in total. The van der Waals surface area contributed by atoms with E-state index in [2.05, 4.69) is 29.8 Å². The third-order valence-corrected chi connectivity index (χ3v) is 47.5. The number of nitrogens with one attached hydrogen (secondary N) is 9. The van der Waals surface area contributed by atoms with Crippen molar-refractivity contribution in [2.75, 3.05) is 37.5 Å². The van der Waals surface area contributed by atoms with E-state index in [1.54, 1.807) is 8.30 Å². The lowest BCUT2D eigenvalue weighted by Gasteiger charge is -2.10. The van der Waals surface area contributed by atoms with E-state index in [1.165, 1.54) is 81.1 Å². The zero-order chi connectivity index (χ0) is 115. The van der Waals surface area contributed by atoms with E-state index in [-0.39, 0.29) is 30.5 Å². The summed E-state index contributed by atoms with van der Waals surface area (Å²) in [6, 6.07) is 25.2. The molecule has 4 rings (SSSR count). The first-order valence-corrected chi connectivity index (χ1v) is 72.2. The van der Waals surface area contributed by atoms with E-state index in [1.807, 2.05) is 4.15 Å². The number of sulfonamides is 13. The van der Waals surface area contributed by atoms with Gasteiger partial charge in [0.05, 0.1) is 57.1 Å². The smallest absolute Gasteiger partial charge is 0.212 e. The first-order chi connectivity index (χ1) is 61.5. The maximum Gasteiger partial charge on any atom is 0.511 e. The maximum atomic E-state index is 13.9. The molecular weight excluding hydrogens is 2600 g/mol. The molecule has 107 heteroatoms. The Hall–Kier alpha value is -4.65. The van der Waals surface area contributed by atoms with E-state index in [0.717, 1.165) is 71.0 Å². The first-order valence-electron chi connectivity index (χ1n) is 30.1. The summed E-state index contributed by atoms with van der Waals surface area (Å²) in [7, 11) is -142. The van der Waals surface area contributed by atoms with Gasteiger partial charge in [-0.2, -0.15) is 139 Å². The van der Waals surface area contributed by atoms with Crippen LogP contribution in [0.4, 0.5) is 108 Å². The number of nitrogens with zero attached hydrogens (tertiary/aromatic N) is 9. The number of benzene rings is 4. The van der Waals surface area contributed by atoms with E-state index in [9.17, 15) is 260 Å². The molecule has 0 heterocycles. The highest BCUT2D eigenvalue weighted by molar-refractivity contribution is 8.02. The molecule has 0 amide bonds. The van der Waals surface area contributed by atoms with Crippen LogP contribution < -0.4 is 40.4 Å². The molecule has 834 valence electrons. The average molecular weight is 2650 g/mol. The van der Waals surface area contributed by atoms with Crippen LogP contribution in [0.2, 0.25) is 0 Å². The van der Waals surface area contributed by atoms with Crippen LogP contribution >= 0.6 is 70.4 Å². The Morgan fingerprint density at radius 1 is 0.239 bits per heavy atom. The Bertz CT molecular complexity index is 7630. The second kappa shape index (κ2) is 53.9. The highest BCUT2D eigenvalue weighted by Crippen LogP contribution is 2.57. The largest absolute Gasteiger partial charge is 0.511 e. The molecule has 0 spiro atoms. The predicted octanol–water partition coefficient (Wildman–Crippen LogP) is 12.3. The molecule has 0 aliphatic rings. The second-order valence-electron chi connectivity index (χ2n) is 22.1. The van der Waals surface area contributed by atoms with Gasteiger partial charge in [-0.1, -0.05) is 127 Å². The fourth-order valence-corrected chi connectivity index (χ4v) is 36.5. The third-order valence-electron chi connectivity index (χ3n) is 9.12. The van der Waals surface area contributed by atoms with Crippen molar-refractivity contribution in [1.29, 1.82) is 0 Å². The zero-order valence-corrected chi connectivity index (χ0v) is 89.8. The van der Waals surface area contributed by atoms with E-state index >= 15 is 0 Å². The van der Waals surface area contributed by atoms with Crippen LogP contribution in [-0.2, 0) is 182 Å². The summed E-state index contributed by atoms with van der Waals surface area (Å²) in [5.41, 5.74) is -5.97. The molecule has 0 radical (unpaired) electrons. The van der Waals surface area contributed by atoms with Gasteiger partial charge >= 0.3 is 138 Å². The summed E-state index contributed by atoms with van der Waals surface area (Å²) in [5, 5.41) is 0.347. The normalized spacial score (nSPS) is 13.7. The topological polar surface area (TPSA) is 834 Å². The monoisotopic (exact) mass is 2650 g/mol. The standard InChI is InChI=1S/C12H11F2N2O4PS2.C7H9F2N2O4PS2.C6H6F3N2O4PS2.C3H7F2N2O4PS2.C2H4F5N2O4PS2.C2H4F3N2O4PS2.C2H7F2N2O4PS2.CH4F3N2O4PS2.F4HN2O4PS2/c13-21(14,15-22(17,18)11-7-3-1-4-8-11)16-23(19,20)12-9-5-2-6-10-12;1-17(12,13)10-16(8,9)11-18(14,15)7-5-3-2-4-6-7;7-16(8,11-18(9,14)15)10-17(12,13)6-4-2-1-3-5-6;1-3-14(10,11)7-12(4,5)6-13(2,8)9;1-15(10,11)8-14(6,7)9-16(12,13)2(3,4)5;1-2-13(8,9)6-12(3,4)7-14(5,10)11;1-12(7,8)5-11(3,4)6-13(2,9)10;1-12(7,8)5-11(2,3)6-13(4,9)10;1-11(2,5-12(3,7)8)6-13(4,9)10/h1-10,15H;2-6,11H,1H3;1-5,10H;3,7H,1H2,2H3;9H,1H3;2,6H,1H2;5H,1-2H3;6H,1H3;5H.